The van der Waals surface area contributed by atoms with Gasteiger partial charge in [0, 0.05) is 0 Å². The van der Waals surface area contributed by atoms with Gasteiger partial charge in [-0.05, 0) is 6.42 Å². The van der Waals surface area contributed by atoms with Crippen molar-refractivity contribution in [2.24, 2.45) is 5.92 Å². The fourth-order valence-corrected chi connectivity index (χ4v) is 1.01. The molecule has 0 aromatic rings. The summed E-state index contributed by atoms with van der Waals surface area (Å²) < 4.78 is 0. The molecule has 0 radical (unpaired) electrons. The molecule has 58 valence electrons. The van der Waals surface area contributed by atoms with Crippen LogP contribution < -0.4 is 5.11 Å². The second-order valence-electron chi connectivity index (χ2n) is 1.88. The minimum absolute atomic E-state index is 0.0828. The van der Waals surface area contributed by atoms with Crippen LogP contribution in [0.5, 0.6) is 0 Å². The number of halogens is 1. The Hall–Kier alpha value is -0.380. The summed E-state index contributed by atoms with van der Waals surface area (Å²) in [6.45, 7) is 1.64. The van der Waals surface area contributed by atoms with Gasteiger partial charge in [-0.1, -0.05) is 22.9 Å². The van der Waals surface area contributed by atoms with Crippen LogP contribution in [0.1, 0.15) is 13.3 Å². The van der Waals surface area contributed by atoms with E-state index in [1.165, 1.54) is 0 Å². The molecule has 0 amide bonds. The van der Waals surface area contributed by atoms with Crippen molar-refractivity contribution in [3.05, 3.63) is 0 Å². The number of alkyl halides is 1. The van der Waals surface area contributed by atoms with Gasteiger partial charge >= 0.3 is 0 Å². The topological polar surface area (TPSA) is 57.2 Å². The highest BCUT2D eigenvalue weighted by molar-refractivity contribution is 9.09. The van der Waals surface area contributed by atoms with Crippen molar-refractivity contribution >= 4 is 27.7 Å². The Morgan fingerprint density at radius 3 is 2.20 bits per heavy atom. The number of carbonyl (C=O) groups is 2. The summed E-state index contributed by atoms with van der Waals surface area (Å²) in [5.41, 5.74) is 0. The zero-order valence-electron chi connectivity index (χ0n) is 5.59. The number of carbonyl (C=O) groups excluding carboxylic acids is 2. The van der Waals surface area contributed by atoms with Crippen molar-refractivity contribution in [2.45, 2.75) is 13.3 Å². The molecule has 0 spiro atoms. The molecule has 0 fully saturated rings. The SMILES string of the molecule is CCC(C(=O)[O-])C(=O)CBr. The van der Waals surface area contributed by atoms with Crippen LogP contribution in [-0.2, 0) is 9.59 Å². The zero-order valence-corrected chi connectivity index (χ0v) is 7.18. The Labute approximate surface area is 67.5 Å². The maximum Gasteiger partial charge on any atom is 0.152 e. The monoisotopic (exact) mass is 207 g/mol. The van der Waals surface area contributed by atoms with E-state index >= 15 is 0 Å². The van der Waals surface area contributed by atoms with E-state index in [0.717, 1.165) is 0 Å². The summed E-state index contributed by atoms with van der Waals surface area (Å²) in [4.78, 5) is 20.9. The molecule has 10 heavy (non-hydrogen) atoms. The predicted molar refractivity (Wildman–Crippen MR) is 37.6 cm³/mol. The molecule has 0 aromatic carbocycles. The normalized spacial score (nSPS) is 12.6. The number of hydrogen-bond acceptors (Lipinski definition) is 3. The van der Waals surface area contributed by atoms with Gasteiger partial charge in [-0.15, -0.1) is 0 Å². The third-order valence-corrected chi connectivity index (χ3v) is 1.77. The first-order valence-corrected chi connectivity index (χ1v) is 4.05. The number of rotatable bonds is 4. The van der Waals surface area contributed by atoms with E-state index in [0.29, 0.717) is 6.42 Å². The molecule has 4 heteroatoms. The minimum Gasteiger partial charge on any atom is -0.549 e. The lowest BCUT2D eigenvalue weighted by Gasteiger charge is -2.11. The van der Waals surface area contributed by atoms with Gasteiger partial charge in [-0.25, -0.2) is 0 Å². The van der Waals surface area contributed by atoms with Crippen LogP contribution in [0.3, 0.4) is 0 Å². The second-order valence-corrected chi connectivity index (χ2v) is 2.44. The van der Waals surface area contributed by atoms with Gasteiger partial charge in [0.15, 0.2) is 5.78 Å². The Morgan fingerprint density at radius 2 is 2.10 bits per heavy atom. The zero-order chi connectivity index (χ0) is 8.15. The Bertz CT molecular complexity index is 144. The Morgan fingerprint density at radius 1 is 1.60 bits per heavy atom. The van der Waals surface area contributed by atoms with Crippen molar-refractivity contribution in [2.75, 3.05) is 5.33 Å². The summed E-state index contributed by atoms with van der Waals surface area (Å²) in [5.74, 6) is -2.56. The fraction of sp³-hybridized carbons (Fsp3) is 0.667. The Kier molecular flexibility index (Phi) is 4.27. The molecule has 0 aliphatic carbocycles. The van der Waals surface area contributed by atoms with Gasteiger partial charge in [0.25, 0.3) is 0 Å². The predicted octanol–water partition coefficient (Wildman–Crippen LogP) is -0.273. The van der Waals surface area contributed by atoms with Gasteiger partial charge in [-0.2, -0.15) is 0 Å². The van der Waals surface area contributed by atoms with E-state index in [2.05, 4.69) is 15.9 Å². The smallest absolute Gasteiger partial charge is 0.152 e. The summed E-state index contributed by atoms with van der Waals surface area (Å²) in [7, 11) is 0. The first kappa shape index (κ1) is 9.62. The highest BCUT2D eigenvalue weighted by Gasteiger charge is 2.15. The molecule has 1 unspecified atom stereocenters. The lowest BCUT2D eigenvalue weighted by atomic mass is 10.0. The van der Waals surface area contributed by atoms with Crippen molar-refractivity contribution < 1.29 is 14.7 Å². The number of aliphatic carboxylic acids is 1. The second kappa shape index (κ2) is 4.44. The molecule has 0 rings (SSSR count). The molecule has 1 atom stereocenters. The number of Topliss-reactive ketones (excluding diaryl/α,β-unsaturated/α-hetero) is 1. The molecule has 0 saturated heterocycles. The van der Waals surface area contributed by atoms with Crippen molar-refractivity contribution in [3.8, 4) is 0 Å². The number of ketones is 1. The lowest BCUT2D eigenvalue weighted by molar-refractivity contribution is -0.309. The largest absolute Gasteiger partial charge is 0.549 e. The van der Waals surface area contributed by atoms with Gasteiger partial charge in [0.1, 0.15) is 0 Å². The maximum absolute atomic E-state index is 10.7. The van der Waals surface area contributed by atoms with Gasteiger partial charge in [0.05, 0.1) is 17.2 Å². The number of carboxylic acid groups (broad SMARTS) is 1. The van der Waals surface area contributed by atoms with Gasteiger partial charge in [0.2, 0.25) is 0 Å². The molecule has 0 aliphatic rings. The van der Waals surface area contributed by atoms with Crippen LogP contribution in [0.2, 0.25) is 0 Å². The van der Waals surface area contributed by atoms with Crippen LogP contribution in [0.4, 0.5) is 0 Å². The quantitative estimate of drug-likeness (QED) is 0.471. The Balaban J connectivity index is 4.06. The van der Waals surface area contributed by atoms with Gasteiger partial charge in [-0.3, -0.25) is 4.79 Å². The van der Waals surface area contributed by atoms with Crippen LogP contribution in [-0.4, -0.2) is 17.1 Å². The van der Waals surface area contributed by atoms with Crippen LogP contribution in [0.15, 0.2) is 0 Å². The summed E-state index contributed by atoms with van der Waals surface area (Å²) >= 11 is 2.88. The third kappa shape index (κ3) is 2.47. The average Bonchev–Trinajstić information content (AvgIpc) is 1.88. The lowest BCUT2D eigenvalue weighted by Crippen LogP contribution is -2.36. The third-order valence-electron chi connectivity index (χ3n) is 1.21. The highest BCUT2D eigenvalue weighted by atomic mass is 79.9. The number of carboxylic acids is 1. The first-order chi connectivity index (χ1) is 4.63. The average molecular weight is 208 g/mol. The molecule has 3 nitrogen and oxygen atoms in total. The highest BCUT2D eigenvalue weighted by Crippen LogP contribution is 2.04. The first-order valence-electron chi connectivity index (χ1n) is 2.93. The van der Waals surface area contributed by atoms with Gasteiger partial charge < -0.3 is 9.90 Å². The van der Waals surface area contributed by atoms with E-state index in [9.17, 15) is 14.7 Å². The number of hydrogen-bond donors (Lipinski definition) is 0. The van der Waals surface area contributed by atoms with Crippen molar-refractivity contribution in [3.63, 3.8) is 0 Å². The van der Waals surface area contributed by atoms with Crippen LogP contribution in [0.25, 0.3) is 0 Å². The van der Waals surface area contributed by atoms with Crippen molar-refractivity contribution in [1.29, 1.82) is 0 Å². The van der Waals surface area contributed by atoms with E-state index < -0.39 is 11.9 Å². The van der Waals surface area contributed by atoms with E-state index in [1.54, 1.807) is 6.92 Å². The minimum atomic E-state index is -1.29. The summed E-state index contributed by atoms with van der Waals surface area (Å²) in [6.07, 6.45) is 0.298. The molecule has 0 N–H and O–H groups in total. The van der Waals surface area contributed by atoms with Crippen LogP contribution in [0, 0.1) is 5.92 Å². The molecule has 0 bridgehead atoms. The molecular weight excluding hydrogens is 200 g/mol. The molecule has 0 heterocycles. The summed E-state index contributed by atoms with van der Waals surface area (Å²) in [6, 6.07) is 0. The summed E-state index contributed by atoms with van der Waals surface area (Å²) in [5, 5.41) is 10.3. The van der Waals surface area contributed by atoms with Crippen LogP contribution >= 0.6 is 15.9 Å². The molecular formula is C6H8BrO3-. The van der Waals surface area contributed by atoms with Crippen molar-refractivity contribution in [1.82, 2.24) is 0 Å². The molecule has 0 aliphatic heterocycles. The molecule has 0 saturated carbocycles. The van der Waals surface area contributed by atoms with E-state index in [1.807, 2.05) is 0 Å². The van der Waals surface area contributed by atoms with E-state index in [-0.39, 0.29) is 11.1 Å². The van der Waals surface area contributed by atoms with E-state index in [4.69, 9.17) is 0 Å². The fourth-order valence-electron chi connectivity index (χ4n) is 0.619. The molecule has 0 aromatic heterocycles. The maximum atomic E-state index is 10.7. The standard InChI is InChI=1S/C6H9BrO3/c1-2-4(6(9)10)5(8)3-7/h4H,2-3H2,1H3,(H,9,10)/p-1.